The smallest absolute Gasteiger partial charge is 0.254 e. The van der Waals surface area contributed by atoms with E-state index in [0.29, 0.717) is 19.0 Å². The lowest BCUT2D eigenvalue weighted by molar-refractivity contribution is -0.152. The van der Waals surface area contributed by atoms with Crippen LogP contribution in [-0.4, -0.2) is 65.8 Å². The second kappa shape index (κ2) is 7.99. The Hall–Kier alpha value is -2.55. The van der Waals surface area contributed by atoms with Crippen molar-refractivity contribution < 1.29 is 23.2 Å². The van der Waals surface area contributed by atoms with E-state index in [1.165, 1.54) is 9.80 Å². The molecule has 0 unspecified atom stereocenters. The number of fused-ring (bicyclic) bond motifs is 1. The Morgan fingerprint density at radius 2 is 1.85 bits per heavy atom. The Labute approximate surface area is 155 Å². The minimum absolute atomic E-state index is 0.00986. The minimum atomic E-state index is -0.845. The van der Waals surface area contributed by atoms with Crippen LogP contribution in [0.5, 0.6) is 0 Å². The van der Waals surface area contributed by atoms with Crippen LogP contribution >= 0.6 is 0 Å². The number of nitrogens with two attached hydrogens (primary N) is 1. The van der Waals surface area contributed by atoms with Gasteiger partial charge in [0, 0.05) is 24.7 Å². The quantitative estimate of drug-likeness (QED) is 0.716. The van der Waals surface area contributed by atoms with Gasteiger partial charge in [0.05, 0.1) is 6.54 Å². The third kappa shape index (κ3) is 4.08. The molecule has 0 radical (unpaired) electrons. The van der Waals surface area contributed by atoms with E-state index in [1.807, 2.05) is 0 Å². The van der Waals surface area contributed by atoms with Crippen LogP contribution < -0.4 is 11.1 Å². The molecule has 0 aromatic heterocycles. The molecule has 2 aliphatic heterocycles. The molecule has 9 heteroatoms. The van der Waals surface area contributed by atoms with Gasteiger partial charge in [0.25, 0.3) is 5.91 Å². The van der Waals surface area contributed by atoms with E-state index in [-0.39, 0.29) is 37.0 Å². The molecule has 0 aliphatic carbocycles. The predicted molar refractivity (Wildman–Crippen MR) is 92.6 cm³/mol. The van der Waals surface area contributed by atoms with Crippen molar-refractivity contribution in [1.82, 2.24) is 15.1 Å². The molecule has 2 aliphatic rings. The van der Waals surface area contributed by atoms with E-state index in [1.54, 1.807) is 0 Å². The zero-order valence-electron chi connectivity index (χ0n) is 14.8. The summed E-state index contributed by atoms with van der Waals surface area (Å²) in [7, 11) is 0. The molecule has 3 rings (SSSR count). The first-order valence-electron chi connectivity index (χ1n) is 8.97. The van der Waals surface area contributed by atoms with E-state index in [0.717, 1.165) is 25.0 Å². The summed E-state index contributed by atoms with van der Waals surface area (Å²) < 4.78 is 26.7. The highest BCUT2D eigenvalue weighted by Crippen LogP contribution is 2.20. The Balaban J connectivity index is 1.69. The van der Waals surface area contributed by atoms with Crippen LogP contribution in [0.15, 0.2) is 18.2 Å². The lowest BCUT2D eigenvalue weighted by Gasteiger charge is -2.45. The van der Waals surface area contributed by atoms with Crippen molar-refractivity contribution in [1.29, 1.82) is 0 Å². The van der Waals surface area contributed by atoms with Gasteiger partial charge in [-0.15, -0.1) is 0 Å². The van der Waals surface area contributed by atoms with Crippen LogP contribution in [0.4, 0.5) is 8.78 Å². The van der Waals surface area contributed by atoms with Gasteiger partial charge in [-0.3, -0.25) is 14.4 Å². The average Bonchev–Trinajstić information content (AvgIpc) is 2.64. The third-order valence-corrected chi connectivity index (χ3v) is 4.92. The largest absolute Gasteiger partial charge is 0.342 e. The monoisotopic (exact) mass is 380 g/mol. The van der Waals surface area contributed by atoms with Crippen LogP contribution in [0.3, 0.4) is 0 Å². The van der Waals surface area contributed by atoms with Crippen LogP contribution in [-0.2, 0) is 9.59 Å². The summed E-state index contributed by atoms with van der Waals surface area (Å²) >= 11 is 0. The maximum Gasteiger partial charge on any atom is 0.254 e. The summed E-state index contributed by atoms with van der Waals surface area (Å²) in [4.78, 5) is 40.4. The fourth-order valence-corrected chi connectivity index (χ4v) is 3.53. The van der Waals surface area contributed by atoms with Crippen molar-refractivity contribution in [3.8, 4) is 0 Å². The summed E-state index contributed by atoms with van der Waals surface area (Å²) in [5.41, 5.74) is 5.33. The van der Waals surface area contributed by atoms with Gasteiger partial charge in [-0.25, -0.2) is 8.78 Å². The maximum atomic E-state index is 13.4. The number of halogens is 2. The standard InChI is InChI=1S/C18H22F2N4O3/c19-12-7-11(8-13(20)9-12)17(26)23-5-6-24-15(10-23)16(25)22-14(18(24)27)3-1-2-4-21/h7-9,14-15H,1-6,10,21H2,(H,22,25)/t14-,15+/m0/s1. The summed E-state index contributed by atoms with van der Waals surface area (Å²) in [5, 5.41) is 2.71. The number of amides is 3. The molecule has 1 aromatic carbocycles. The normalized spacial score (nSPS) is 22.5. The first kappa shape index (κ1) is 19.2. The number of benzene rings is 1. The van der Waals surface area contributed by atoms with Gasteiger partial charge in [-0.05, 0) is 37.9 Å². The van der Waals surface area contributed by atoms with Gasteiger partial charge >= 0.3 is 0 Å². The summed E-state index contributed by atoms with van der Waals surface area (Å²) in [6.07, 6.45) is 2.03. The van der Waals surface area contributed by atoms with E-state index in [9.17, 15) is 23.2 Å². The number of carbonyl (C=O) groups excluding carboxylic acids is 3. The molecule has 146 valence electrons. The number of hydrogen-bond acceptors (Lipinski definition) is 4. The molecule has 0 saturated carbocycles. The van der Waals surface area contributed by atoms with E-state index >= 15 is 0 Å². The molecule has 7 nitrogen and oxygen atoms in total. The van der Waals surface area contributed by atoms with Crippen molar-refractivity contribution in [2.24, 2.45) is 5.73 Å². The fraction of sp³-hybridized carbons (Fsp3) is 0.500. The first-order chi connectivity index (χ1) is 12.9. The Bertz CT molecular complexity index is 738. The molecular formula is C18H22F2N4O3. The van der Waals surface area contributed by atoms with E-state index in [4.69, 9.17) is 5.73 Å². The maximum absolute atomic E-state index is 13.4. The van der Waals surface area contributed by atoms with Gasteiger partial charge in [0.15, 0.2) is 0 Å². The van der Waals surface area contributed by atoms with Crippen LogP contribution in [0, 0.1) is 11.6 Å². The number of hydrogen-bond donors (Lipinski definition) is 2. The number of nitrogens with one attached hydrogen (secondary N) is 1. The van der Waals surface area contributed by atoms with Gasteiger partial charge in [0.1, 0.15) is 23.7 Å². The molecule has 1 aromatic rings. The van der Waals surface area contributed by atoms with Gasteiger partial charge < -0.3 is 20.9 Å². The van der Waals surface area contributed by atoms with Gasteiger partial charge in [-0.1, -0.05) is 0 Å². The van der Waals surface area contributed by atoms with E-state index < -0.39 is 29.6 Å². The number of rotatable bonds is 5. The first-order valence-corrected chi connectivity index (χ1v) is 8.97. The van der Waals surface area contributed by atoms with Crippen LogP contribution in [0.1, 0.15) is 29.6 Å². The van der Waals surface area contributed by atoms with Crippen molar-refractivity contribution in [3.05, 3.63) is 35.4 Å². The molecule has 2 fully saturated rings. The predicted octanol–water partition coefficient (Wildman–Crippen LogP) is 0.245. The summed E-state index contributed by atoms with van der Waals surface area (Å²) in [6.45, 7) is 0.916. The molecule has 3 amide bonds. The van der Waals surface area contributed by atoms with E-state index in [2.05, 4.69) is 5.32 Å². The highest BCUT2D eigenvalue weighted by atomic mass is 19.1. The lowest BCUT2D eigenvalue weighted by Crippen LogP contribution is -2.69. The third-order valence-electron chi connectivity index (χ3n) is 4.92. The van der Waals surface area contributed by atoms with Crippen molar-refractivity contribution in [2.45, 2.75) is 31.3 Å². The summed E-state index contributed by atoms with van der Waals surface area (Å²) in [5.74, 6) is -2.75. The van der Waals surface area contributed by atoms with Crippen molar-refractivity contribution in [2.75, 3.05) is 26.2 Å². The molecule has 0 bridgehead atoms. The zero-order valence-corrected chi connectivity index (χ0v) is 14.8. The molecule has 2 heterocycles. The molecule has 27 heavy (non-hydrogen) atoms. The van der Waals surface area contributed by atoms with Crippen LogP contribution in [0.25, 0.3) is 0 Å². The SMILES string of the molecule is NCCCC[C@@H]1NC(=O)[C@H]2CN(C(=O)c3cc(F)cc(F)c3)CCN2C1=O. The van der Waals surface area contributed by atoms with Crippen LogP contribution in [0.2, 0.25) is 0 Å². The number of unbranched alkanes of at least 4 members (excludes halogenated alkanes) is 1. The van der Waals surface area contributed by atoms with Gasteiger partial charge in [-0.2, -0.15) is 0 Å². The molecule has 2 atom stereocenters. The Kier molecular flexibility index (Phi) is 5.69. The zero-order chi connectivity index (χ0) is 19.6. The summed E-state index contributed by atoms with van der Waals surface area (Å²) in [6, 6.07) is 1.24. The Morgan fingerprint density at radius 1 is 1.15 bits per heavy atom. The molecular weight excluding hydrogens is 358 g/mol. The second-order valence-electron chi connectivity index (χ2n) is 6.80. The van der Waals surface area contributed by atoms with Gasteiger partial charge in [0.2, 0.25) is 11.8 Å². The average molecular weight is 380 g/mol. The van der Waals surface area contributed by atoms with Crippen molar-refractivity contribution in [3.63, 3.8) is 0 Å². The lowest BCUT2D eigenvalue weighted by atomic mass is 10.00. The second-order valence-corrected chi connectivity index (χ2v) is 6.80. The number of carbonyl (C=O) groups is 3. The minimum Gasteiger partial charge on any atom is -0.342 e. The highest BCUT2D eigenvalue weighted by molar-refractivity contribution is 5.99. The molecule has 2 saturated heterocycles. The Morgan fingerprint density at radius 3 is 2.52 bits per heavy atom. The van der Waals surface area contributed by atoms with Crippen molar-refractivity contribution >= 4 is 17.7 Å². The number of piperazine rings is 2. The number of nitrogens with zero attached hydrogens (tertiary/aromatic N) is 2. The topological polar surface area (TPSA) is 95.7 Å². The highest BCUT2D eigenvalue weighted by Gasteiger charge is 2.44. The molecule has 0 spiro atoms. The fourth-order valence-electron chi connectivity index (χ4n) is 3.53. The molecule has 3 N–H and O–H groups in total.